The summed E-state index contributed by atoms with van der Waals surface area (Å²) in [5.74, 6) is -2.57. The third-order valence-electron chi connectivity index (χ3n) is 3.24. The summed E-state index contributed by atoms with van der Waals surface area (Å²) in [6.45, 7) is 3.31. The SMILES string of the molecule is CCOC(=O)c1ccc(CS(=O)(=O)N(C)CC(C)C(=O)O)cc1. The maximum Gasteiger partial charge on any atom is 0.338 e. The number of carboxylic acid groups (broad SMARTS) is 1. The normalized spacial score (nSPS) is 12.9. The van der Waals surface area contributed by atoms with Crippen molar-refractivity contribution in [2.75, 3.05) is 20.2 Å². The highest BCUT2D eigenvalue weighted by Gasteiger charge is 2.23. The van der Waals surface area contributed by atoms with Gasteiger partial charge >= 0.3 is 11.9 Å². The lowest BCUT2D eigenvalue weighted by Crippen LogP contribution is -2.34. The summed E-state index contributed by atoms with van der Waals surface area (Å²) in [4.78, 5) is 22.3. The van der Waals surface area contributed by atoms with Gasteiger partial charge < -0.3 is 9.84 Å². The molecule has 8 heteroatoms. The highest BCUT2D eigenvalue weighted by atomic mass is 32.2. The van der Waals surface area contributed by atoms with Crippen molar-refractivity contribution in [2.45, 2.75) is 19.6 Å². The van der Waals surface area contributed by atoms with Crippen LogP contribution in [0.2, 0.25) is 0 Å². The van der Waals surface area contributed by atoms with Gasteiger partial charge in [0, 0.05) is 13.6 Å². The van der Waals surface area contributed by atoms with E-state index in [-0.39, 0.29) is 18.9 Å². The van der Waals surface area contributed by atoms with Crippen LogP contribution in [-0.4, -0.2) is 50.0 Å². The number of aliphatic carboxylic acids is 1. The molecule has 128 valence electrons. The quantitative estimate of drug-likeness (QED) is 0.715. The fraction of sp³-hybridized carbons (Fsp3) is 0.467. The van der Waals surface area contributed by atoms with Gasteiger partial charge in [-0.2, -0.15) is 0 Å². The first-order valence-corrected chi connectivity index (χ1v) is 8.71. The Bertz CT molecular complexity index is 653. The number of carbonyl (C=O) groups excluding carboxylic acids is 1. The molecule has 0 aliphatic carbocycles. The number of carboxylic acids is 1. The molecule has 0 saturated heterocycles. The Hall–Kier alpha value is -1.93. The third kappa shape index (κ3) is 5.65. The van der Waals surface area contributed by atoms with Crippen LogP contribution in [0.5, 0.6) is 0 Å². The summed E-state index contributed by atoms with van der Waals surface area (Å²) < 4.78 is 30.3. The van der Waals surface area contributed by atoms with Crippen molar-refractivity contribution in [1.82, 2.24) is 4.31 Å². The summed E-state index contributed by atoms with van der Waals surface area (Å²) >= 11 is 0. The fourth-order valence-electron chi connectivity index (χ4n) is 1.85. The molecular formula is C15H21NO6S. The second kappa shape index (κ2) is 8.07. The summed E-state index contributed by atoms with van der Waals surface area (Å²) in [5.41, 5.74) is 0.855. The summed E-state index contributed by atoms with van der Waals surface area (Å²) in [5, 5.41) is 8.85. The molecule has 0 aliphatic rings. The molecule has 1 rings (SSSR count). The van der Waals surface area contributed by atoms with E-state index in [0.29, 0.717) is 11.1 Å². The smallest absolute Gasteiger partial charge is 0.338 e. The highest BCUT2D eigenvalue weighted by molar-refractivity contribution is 7.88. The van der Waals surface area contributed by atoms with Crippen molar-refractivity contribution in [1.29, 1.82) is 0 Å². The van der Waals surface area contributed by atoms with Crippen LogP contribution in [0.15, 0.2) is 24.3 Å². The second-order valence-corrected chi connectivity index (χ2v) is 7.27. The van der Waals surface area contributed by atoms with Gasteiger partial charge in [-0.15, -0.1) is 0 Å². The van der Waals surface area contributed by atoms with E-state index in [4.69, 9.17) is 9.84 Å². The van der Waals surface area contributed by atoms with Gasteiger partial charge in [-0.25, -0.2) is 17.5 Å². The monoisotopic (exact) mass is 343 g/mol. The molecule has 1 unspecified atom stereocenters. The fourth-order valence-corrected chi connectivity index (χ4v) is 3.13. The number of carbonyl (C=O) groups is 2. The van der Waals surface area contributed by atoms with E-state index >= 15 is 0 Å². The average Bonchev–Trinajstić information content (AvgIpc) is 2.47. The van der Waals surface area contributed by atoms with Crippen molar-refractivity contribution in [2.24, 2.45) is 5.92 Å². The Morgan fingerprint density at radius 1 is 1.26 bits per heavy atom. The molecule has 0 aliphatic heterocycles. The largest absolute Gasteiger partial charge is 0.481 e. The Balaban J connectivity index is 2.77. The summed E-state index contributed by atoms with van der Waals surface area (Å²) in [6.07, 6.45) is 0. The predicted molar refractivity (Wildman–Crippen MR) is 84.5 cm³/mol. The van der Waals surface area contributed by atoms with Gasteiger partial charge in [0.2, 0.25) is 10.0 Å². The van der Waals surface area contributed by atoms with Gasteiger partial charge in [0.05, 0.1) is 23.8 Å². The van der Waals surface area contributed by atoms with Crippen LogP contribution in [0, 0.1) is 5.92 Å². The zero-order valence-electron chi connectivity index (χ0n) is 13.4. The Kier molecular flexibility index (Phi) is 6.71. The molecule has 23 heavy (non-hydrogen) atoms. The van der Waals surface area contributed by atoms with Gasteiger partial charge in [0.15, 0.2) is 0 Å². The topological polar surface area (TPSA) is 101 Å². The predicted octanol–water partition coefficient (Wildman–Crippen LogP) is 1.35. The molecule has 1 atom stereocenters. The highest BCUT2D eigenvalue weighted by Crippen LogP contribution is 2.13. The standard InChI is InChI=1S/C15H21NO6S/c1-4-22-15(19)13-7-5-12(6-8-13)10-23(20,21)16(3)9-11(2)14(17)18/h5-8,11H,4,9-10H2,1-3H3,(H,17,18). The first kappa shape index (κ1) is 19.1. The minimum atomic E-state index is -3.63. The molecule has 0 aromatic heterocycles. The van der Waals surface area contributed by atoms with Crippen LogP contribution in [0.3, 0.4) is 0 Å². The maximum absolute atomic E-state index is 12.2. The van der Waals surface area contributed by atoms with Gasteiger partial charge in [0.25, 0.3) is 0 Å². The number of benzene rings is 1. The van der Waals surface area contributed by atoms with E-state index in [1.165, 1.54) is 38.2 Å². The van der Waals surface area contributed by atoms with Crippen LogP contribution < -0.4 is 0 Å². The number of sulfonamides is 1. The lowest BCUT2D eigenvalue weighted by molar-refractivity contribution is -0.141. The van der Waals surface area contributed by atoms with Gasteiger partial charge in [-0.05, 0) is 24.6 Å². The van der Waals surface area contributed by atoms with Crippen molar-refractivity contribution in [3.8, 4) is 0 Å². The van der Waals surface area contributed by atoms with Crippen LogP contribution in [0.1, 0.15) is 29.8 Å². The van der Waals surface area contributed by atoms with E-state index < -0.39 is 27.9 Å². The van der Waals surface area contributed by atoms with Crippen molar-refractivity contribution < 1.29 is 27.9 Å². The molecule has 0 spiro atoms. The minimum absolute atomic E-state index is 0.0986. The Morgan fingerprint density at radius 2 is 1.83 bits per heavy atom. The number of esters is 1. The van der Waals surface area contributed by atoms with Gasteiger partial charge in [0.1, 0.15) is 0 Å². The van der Waals surface area contributed by atoms with Crippen LogP contribution in [0.4, 0.5) is 0 Å². The van der Waals surface area contributed by atoms with E-state index in [9.17, 15) is 18.0 Å². The molecule has 0 bridgehead atoms. The van der Waals surface area contributed by atoms with E-state index in [0.717, 1.165) is 4.31 Å². The van der Waals surface area contributed by atoms with E-state index in [1.807, 2.05) is 0 Å². The average molecular weight is 343 g/mol. The van der Waals surface area contributed by atoms with Crippen molar-refractivity contribution in [3.63, 3.8) is 0 Å². The number of nitrogens with zero attached hydrogens (tertiary/aromatic N) is 1. The first-order valence-electron chi connectivity index (χ1n) is 7.10. The zero-order chi connectivity index (χ0) is 17.6. The molecule has 1 N–H and O–H groups in total. The lowest BCUT2D eigenvalue weighted by Gasteiger charge is -2.19. The molecule has 7 nitrogen and oxygen atoms in total. The molecule has 1 aromatic carbocycles. The van der Waals surface area contributed by atoms with Crippen LogP contribution >= 0.6 is 0 Å². The van der Waals surface area contributed by atoms with Gasteiger partial charge in [-0.3, -0.25) is 4.79 Å². The molecule has 0 radical (unpaired) electrons. The Labute approximate surface area is 135 Å². The summed E-state index contributed by atoms with van der Waals surface area (Å²) in [7, 11) is -2.28. The molecule has 0 heterocycles. The third-order valence-corrected chi connectivity index (χ3v) is 5.04. The van der Waals surface area contributed by atoms with E-state index in [2.05, 4.69) is 0 Å². The van der Waals surface area contributed by atoms with Crippen LogP contribution in [-0.2, 0) is 25.3 Å². The number of rotatable bonds is 8. The molecule has 0 fully saturated rings. The molecule has 1 aromatic rings. The second-order valence-electron chi connectivity index (χ2n) is 5.19. The zero-order valence-corrected chi connectivity index (χ0v) is 14.2. The minimum Gasteiger partial charge on any atom is -0.481 e. The first-order chi connectivity index (χ1) is 10.7. The van der Waals surface area contributed by atoms with Gasteiger partial charge in [-0.1, -0.05) is 19.1 Å². The number of hydrogen-bond donors (Lipinski definition) is 1. The molecular weight excluding hydrogens is 322 g/mol. The maximum atomic E-state index is 12.2. The molecule has 0 saturated carbocycles. The number of ether oxygens (including phenoxy) is 1. The lowest BCUT2D eigenvalue weighted by atomic mass is 10.1. The van der Waals surface area contributed by atoms with Crippen LogP contribution in [0.25, 0.3) is 0 Å². The Morgan fingerprint density at radius 3 is 2.30 bits per heavy atom. The van der Waals surface area contributed by atoms with Crippen molar-refractivity contribution in [3.05, 3.63) is 35.4 Å². The van der Waals surface area contributed by atoms with E-state index in [1.54, 1.807) is 6.92 Å². The summed E-state index contributed by atoms with van der Waals surface area (Å²) in [6, 6.07) is 6.09. The van der Waals surface area contributed by atoms with Crippen molar-refractivity contribution >= 4 is 22.0 Å². The molecule has 0 amide bonds. The number of hydrogen-bond acceptors (Lipinski definition) is 5.